The van der Waals surface area contributed by atoms with Crippen molar-refractivity contribution in [3.63, 3.8) is 0 Å². The molecular formula is C16H17F3N4O. The monoisotopic (exact) mass is 338 g/mol. The van der Waals surface area contributed by atoms with Crippen LogP contribution in [0, 0.1) is 0 Å². The van der Waals surface area contributed by atoms with Gasteiger partial charge < -0.3 is 15.0 Å². The summed E-state index contributed by atoms with van der Waals surface area (Å²) in [7, 11) is 0. The number of rotatable bonds is 4. The summed E-state index contributed by atoms with van der Waals surface area (Å²) in [6.07, 6.45) is -2.71. The summed E-state index contributed by atoms with van der Waals surface area (Å²) in [5, 5.41) is 3.04. The number of aromatic nitrogens is 2. The molecule has 1 fully saturated rings. The second-order valence-electron chi connectivity index (χ2n) is 5.39. The second kappa shape index (κ2) is 7.04. The fourth-order valence-corrected chi connectivity index (χ4v) is 2.41. The van der Waals surface area contributed by atoms with Crippen molar-refractivity contribution in [2.75, 3.05) is 36.5 Å². The van der Waals surface area contributed by atoms with E-state index >= 15 is 0 Å². The number of nitrogens with one attached hydrogen (secondary N) is 1. The van der Waals surface area contributed by atoms with Gasteiger partial charge in [-0.1, -0.05) is 12.1 Å². The molecule has 0 bridgehead atoms. The molecule has 5 nitrogen and oxygen atoms in total. The van der Waals surface area contributed by atoms with Gasteiger partial charge in [0.25, 0.3) is 0 Å². The molecule has 8 heteroatoms. The van der Waals surface area contributed by atoms with E-state index in [0.29, 0.717) is 30.5 Å². The lowest BCUT2D eigenvalue weighted by Gasteiger charge is -2.26. The first kappa shape index (κ1) is 16.5. The standard InChI is InChI=1S/C16H17F3N4O/c17-16(18,19)13-3-1-2-12(10-13)11-21-14-4-5-20-15(22-14)23-6-8-24-9-7-23/h1-5,10H,6-9,11H2,(H,20,21,22). The SMILES string of the molecule is FC(F)(F)c1cccc(CNc2ccnc(N3CCOCC3)n2)c1. The number of ether oxygens (including phenoxy) is 1. The van der Waals surface area contributed by atoms with Crippen LogP contribution in [-0.4, -0.2) is 36.3 Å². The van der Waals surface area contributed by atoms with Crippen LogP contribution in [0.5, 0.6) is 0 Å². The van der Waals surface area contributed by atoms with Gasteiger partial charge in [-0.15, -0.1) is 0 Å². The summed E-state index contributed by atoms with van der Waals surface area (Å²) in [4.78, 5) is 10.7. The van der Waals surface area contributed by atoms with Crippen LogP contribution >= 0.6 is 0 Å². The molecule has 2 heterocycles. The molecule has 1 saturated heterocycles. The molecule has 0 atom stereocenters. The summed E-state index contributed by atoms with van der Waals surface area (Å²) in [6, 6.07) is 6.94. The Hall–Kier alpha value is -2.35. The van der Waals surface area contributed by atoms with Crippen LogP contribution in [0.25, 0.3) is 0 Å². The van der Waals surface area contributed by atoms with Crippen LogP contribution < -0.4 is 10.2 Å². The Kier molecular flexibility index (Phi) is 4.84. The number of morpholine rings is 1. The predicted octanol–water partition coefficient (Wildman–Crippen LogP) is 2.94. The predicted molar refractivity (Wildman–Crippen MR) is 83.8 cm³/mol. The van der Waals surface area contributed by atoms with Crippen molar-refractivity contribution in [1.29, 1.82) is 0 Å². The number of halogens is 3. The second-order valence-corrected chi connectivity index (χ2v) is 5.39. The van der Waals surface area contributed by atoms with Gasteiger partial charge in [0, 0.05) is 25.8 Å². The lowest BCUT2D eigenvalue weighted by Crippen LogP contribution is -2.37. The molecule has 1 N–H and O–H groups in total. The zero-order chi connectivity index (χ0) is 17.0. The normalized spacial score (nSPS) is 15.4. The van der Waals surface area contributed by atoms with Crippen molar-refractivity contribution in [3.8, 4) is 0 Å². The highest BCUT2D eigenvalue weighted by Crippen LogP contribution is 2.29. The fraction of sp³-hybridized carbons (Fsp3) is 0.375. The van der Waals surface area contributed by atoms with Crippen molar-refractivity contribution in [3.05, 3.63) is 47.7 Å². The van der Waals surface area contributed by atoms with Crippen LogP contribution in [0.4, 0.5) is 24.9 Å². The summed E-state index contributed by atoms with van der Waals surface area (Å²) in [5.41, 5.74) is -0.116. The van der Waals surface area contributed by atoms with Crippen LogP contribution in [0.2, 0.25) is 0 Å². The molecule has 0 aliphatic carbocycles. The van der Waals surface area contributed by atoms with Gasteiger partial charge in [-0.3, -0.25) is 0 Å². The Morgan fingerprint density at radius 3 is 2.71 bits per heavy atom. The summed E-state index contributed by atoms with van der Waals surface area (Å²) < 4.78 is 43.5. The largest absolute Gasteiger partial charge is 0.416 e. The minimum absolute atomic E-state index is 0.253. The zero-order valence-corrected chi connectivity index (χ0v) is 12.9. The summed E-state index contributed by atoms with van der Waals surface area (Å²) >= 11 is 0. The van der Waals surface area contributed by atoms with E-state index in [2.05, 4.69) is 15.3 Å². The minimum atomic E-state index is -4.34. The van der Waals surface area contributed by atoms with Crippen molar-refractivity contribution in [2.45, 2.75) is 12.7 Å². The van der Waals surface area contributed by atoms with Crippen LogP contribution in [-0.2, 0) is 17.5 Å². The Bertz CT molecular complexity index is 687. The molecule has 0 unspecified atom stereocenters. The van der Waals surface area contributed by atoms with E-state index in [9.17, 15) is 13.2 Å². The molecule has 3 rings (SSSR count). The number of hydrogen-bond acceptors (Lipinski definition) is 5. The van der Waals surface area contributed by atoms with E-state index in [1.54, 1.807) is 18.3 Å². The van der Waals surface area contributed by atoms with Gasteiger partial charge in [-0.05, 0) is 23.8 Å². The van der Waals surface area contributed by atoms with E-state index in [0.717, 1.165) is 25.2 Å². The Morgan fingerprint density at radius 1 is 1.17 bits per heavy atom. The van der Waals surface area contributed by atoms with E-state index in [1.165, 1.54) is 6.07 Å². The van der Waals surface area contributed by atoms with Crippen LogP contribution in [0.1, 0.15) is 11.1 Å². The third kappa shape index (κ3) is 4.14. The molecule has 2 aromatic rings. The van der Waals surface area contributed by atoms with E-state index in [-0.39, 0.29) is 6.54 Å². The molecule has 24 heavy (non-hydrogen) atoms. The Balaban J connectivity index is 1.66. The molecular weight excluding hydrogens is 321 g/mol. The van der Waals surface area contributed by atoms with Gasteiger partial charge >= 0.3 is 6.18 Å². The molecule has 0 saturated carbocycles. The van der Waals surface area contributed by atoms with Crippen molar-refractivity contribution >= 4 is 11.8 Å². The van der Waals surface area contributed by atoms with Crippen molar-refractivity contribution in [1.82, 2.24) is 9.97 Å². The molecule has 1 aromatic carbocycles. The number of anilines is 2. The lowest BCUT2D eigenvalue weighted by molar-refractivity contribution is -0.137. The molecule has 1 aromatic heterocycles. The van der Waals surface area contributed by atoms with E-state index in [1.807, 2.05) is 4.90 Å². The van der Waals surface area contributed by atoms with E-state index < -0.39 is 11.7 Å². The Labute approximate surface area is 137 Å². The van der Waals surface area contributed by atoms with Gasteiger partial charge in [-0.2, -0.15) is 18.2 Å². The average Bonchev–Trinajstić information content (AvgIpc) is 2.61. The maximum atomic E-state index is 12.7. The first-order valence-electron chi connectivity index (χ1n) is 7.58. The van der Waals surface area contributed by atoms with Crippen LogP contribution in [0.3, 0.4) is 0 Å². The smallest absolute Gasteiger partial charge is 0.378 e. The summed E-state index contributed by atoms with van der Waals surface area (Å²) in [5.74, 6) is 1.16. The highest BCUT2D eigenvalue weighted by atomic mass is 19.4. The lowest BCUT2D eigenvalue weighted by atomic mass is 10.1. The highest BCUT2D eigenvalue weighted by Gasteiger charge is 2.30. The minimum Gasteiger partial charge on any atom is -0.378 e. The number of alkyl halides is 3. The molecule has 0 amide bonds. The van der Waals surface area contributed by atoms with Gasteiger partial charge in [0.1, 0.15) is 5.82 Å². The molecule has 128 valence electrons. The van der Waals surface area contributed by atoms with Gasteiger partial charge in [0.15, 0.2) is 0 Å². The third-order valence-corrected chi connectivity index (χ3v) is 3.66. The molecule has 0 spiro atoms. The van der Waals surface area contributed by atoms with E-state index in [4.69, 9.17) is 4.74 Å². The van der Waals surface area contributed by atoms with Crippen LogP contribution in [0.15, 0.2) is 36.5 Å². The fourth-order valence-electron chi connectivity index (χ4n) is 2.41. The van der Waals surface area contributed by atoms with Crippen molar-refractivity contribution in [2.24, 2.45) is 0 Å². The van der Waals surface area contributed by atoms with Gasteiger partial charge in [-0.25, -0.2) is 4.98 Å². The summed E-state index contributed by atoms with van der Waals surface area (Å²) in [6.45, 7) is 2.95. The number of hydrogen-bond donors (Lipinski definition) is 1. The average molecular weight is 338 g/mol. The molecule has 1 aliphatic rings. The van der Waals surface area contributed by atoms with Gasteiger partial charge in [0.05, 0.1) is 18.8 Å². The first-order chi connectivity index (χ1) is 11.5. The Morgan fingerprint density at radius 2 is 1.96 bits per heavy atom. The van der Waals surface area contributed by atoms with Gasteiger partial charge in [0.2, 0.25) is 5.95 Å². The first-order valence-corrected chi connectivity index (χ1v) is 7.58. The van der Waals surface area contributed by atoms with Crippen molar-refractivity contribution < 1.29 is 17.9 Å². The number of nitrogens with zero attached hydrogens (tertiary/aromatic N) is 3. The highest BCUT2D eigenvalue weighted by molar-refractivity contribution is 5.42. The quantitative estimate of drug-likeness (QED) is 0.929. The molecule has 1 aliphatic heterocycles. The third-order valence-electron chi connectivity index (χ3n) is 3.66. The zero-order valence-electron chi connectivity index (χ0n) is 12.9. The number of benzene rings is 1. The molecule has 0 radical (unpaired) electrons. The maximum Gasteiger partial charge on any atom is 0.416 e. The topological polar surface area (TPSA) is 50.3 Å². The maximum absolute atomic E-state index is 12.7.